The normalized spacial score (nSPS) is 15.2. The molecule has 0 atom stereocenters. The molecule has 0 radical (unpaired) electrons. The van der Waals surface area contributed by atoms with Crippen molar-refractivity contribution in [3.05, 3.63) is 364 Å². The molecule has 0 N–H and O–H groups in total. The predicted molar refractivity (Wildman–Crippen MR) is 381 cm³/mol. The fraction of sp³-hybridized carbons (Fsp3) is 0. The maximum Gasteiger partial charge on any atom is 0.460 e. The SMILES string of the molecule is c1ccc(OP2(Oc3ccccc3)=NP(Oc3ccccc3)(Oc3ccccc3)=NP(Oc3ccccc3)(Oc3ccccc3)=NP(Oc3ccccc3)(Oc3ccccc3)=NP(Oc3ccccc3)(Oc3ccccc3)=NP(Oc3ccccc3)(Oc3ccccc3)=N2)cc1. The standard InChI is InChI=1S/C72H60N6O12P6/c1-13-37-61(38-14-1)79-91(80-62-39-15-2-16-40-62)73-92(81-63-41-17-3-18-42-63,82-64-43-19-4-20-44-64)75-94(85-67-49-25-7-26-50-67,86-68-51-27-8-28-52-68)77-96(89-71-57-33-11-34-58-71,90-72-59-35-12-36-60-72)78-95(87-69-53-29-9-30-54-69,88-70-55-31-10-32-56-70)76-93(74-91,83-65-45-21-5-22-46-65)84-66-47-23-6-24-48-66/h1-60H. The van der Waals surface area contributed by atoms with E-state index in [2.05, 4.69) is 0 Å². The van der Waals surface area contributed by atoms with Crippen LogP contribution in [0.5, 0.6) is 69.0 Å². The largest absolute Gasteiger partial charge is 0.460 e. The first-order chi connectivity index (χ1) is 47.2. The van der Waals surface area contributed by atoms with Crippen LogP contribution < -0.4 is 54.3 Å². The summed E-state index contributed by atoms with van der Waals surface area (Å²) in [6.07, 6.45) is 0. The van der Waals surface area contributed by atoms with Gasteiger partial charge in [0, 0.05) is 0 Å². The van der Waals surface area contributed by atoms with E-state index in [-0.39, 0.29) is 69.0 Å². The van der Waals surface area contributed by atoms with E-state index >= 15 is 0 Å². The number of para-hydroxylation sites is 12. The van der Waals surface area contributed by atoms with E-state index in [1.54, 1.807) is 291 Å². The van der Waals surface area contributed by atoms with Gasteiger partial charge in [-0.1, -0.05) is 245 Å². The van der Waals surface area contributed by atoms with Gasteiger partial charge in [0.25, 0.3) is 0 Å². The van der Waals surface area contributed by atoms with Crippen molar-refractivity contribution < 1.29 is 54.3 Å². The van der Waals surface area contributed by atoms with Crippen LogP contribution in [0.25, 0.3) is 0 Å². The zero-order valence-electron chi connectivity index (χ0n) is 50.9. The Balaban J connectivity index is 1.36. The lowest BCUT2D eigenvalue weighted by molar-refractivity contribution is 0.446. The molecule has 1 aliphatic rings. The molecule has 1 heterocycles. The maximum absolute atomic E-state index is 7.55. The second-order valence-electron chi connectivity index (χ2n) is 20.3. The third-order valence-electron chi connectivity index (χ3n) is 13.0. The van der Waals surface area contributed by atoms with Gasteiger partial charge in [0.15, 0.2) is 0 Å². The Morgan fingerprint density at radius 3 is 0.260 bits per heavy atom. The van der Waals surface area contributed by atoms with E-state index in [1.165, 1.54) is 0 Å². The van der Waals surface area contributed by atoms with Gasteiger partial charge in [0.05, 0.1) is 0 Å². The molecule has 12 aromatic carbocycles. The summed E-state index contributed by atoms with van der Waals surface area (Å²) in [4.78, 5) is 0. The van der Waals surface area contributed by atoms with E-state index in [0.29, 0.717) is 0 Å². The van der Waals surface area contributed by atoms with Crippen LogP contribution in [0.2, 0.25) is 0 Å². The molecule has 0 spiro atoms. The molecular weight excluding hydrogens is 1330 g/mol. The summed E-state index contributed by atoms with van der Waals surface area (Å²) in [5, 5.41) is 0. The first-order valence-corrected chi connectivity index (χ1v) is 39.2. The molecule has 0 unspecified atom stereocenters. The lowest BCUT2D eigenvalue weighted by Crippen LogP contribution is -2.11. The second-order valence-corrected chi connectivity index (χ2v) is 32.7. The molecule has 480 valence electrons. The first kappa shape index (κ1) is 64.3. The number of rotatable bonds is 24. The molecule has 0 saturated heterocycles. The van der Waals surface area contributed by atoms with Crippen LogP contribution in [0, 0.1) is 0 Å². The van der Waals surface area contributed by atoms with Gasteiger partial charge >= 0.3 is 46.0 Å². The molecule has 96 heavy (non-hydrogen) atoms. The van der Waals surface area contributed by atoms with Crippen molar-refractivity contribution in [3.63, 3.8) is 0 Å². The second kappa shape index (κ2) is 30.4. The lowest BCUT2D eigenvalue weighted by Gasteiger charge is -2.33. The monoisotopic (exact) mass is 1390 g/mol. The number of benzene rings is 12. The van der Waals surface area contributed by atoms with Crippen molar-refractivity contribution in [2.75, 3.05) is 0 Å². The summed E-state index contributed by atoms with van der Waals surface area (Å²) in [6.45, 7) is 0. The van der Waals surface area contributed by atoms with Gasteiger partial charge in [-0.2, -0.15) is 0 Å². The van der Waals surface area contributed by atoms with Gasteiger partial charge in [-0.05, 0) is 146 Å². The van der Waals surface area contributed by atoms with Gasteiger partial charge in [-0.15, -0.1) is 0 Å². The highest BCUT2D eigenvalue weighted by Crippen LogP contribution is 2.80. The van der Waals surface area contributed by atoms with Crippen molar-refractivity contribution in [1.29, 1.82) is 0 Å². The van der Waals surface area contributed by atoms with E-state index in [0.717, 1.165) is 0 Å². The molecule has 0 fully saturated rings. The van der Waals surface area contributed by atoms with E-state index < -0.39 is 46.0 Å². The minimum atomic E-state index is -5.02. The predicted octanol–water partition coefficient (Wildman–Crippen LogP) is 24.6. The van der Waals surface area contributed by atoms with Crippen molar-refractivity contribution in [3.8, 4) is 69.0 Å². The summed E-state index contributed by atoms with van der Waals surface area (Å²) in [6, 6.07) is 107. The highest BCUT2D eigenvalue weighted by atomic mass is 31.3. The summed E-state index contributed by atoms with van der Waals surface area (Å²) < 4.78 is 126. The number of nitrogens with zero attached hydrogens (tertiary/aromatic N) is 6. The Hall–Kier alpha value is -10.4. The summed E-state index contributed by atoms with van der Waals surface area (Å²) in [7, 11) is -30.1. The molecule has 1 aliphatic heterocycles. The van der Waals surface area contributed by atoms with Crippen LogP contribution in [-0.4, -0.2) is 0 Å². The quantitative estimate of drug-likeness (QED) is 0.0522. The Kier molecular flexibility index (Phi) is 20.3. The topological polar surface area (TPSA) is 185 Å². The van der Waals surface area contributed by atoms with Gasteiger partial charge in [0.1, 0.15) is 69.0 Å². The molecule has 24 heteroatoms. The molecule has 0 aromatic heterocycles. The van der Waals surface area contributed by atoms with E-state index in [4.69, 9.17) is 81.4 Å². The van der Waals surface area contributed by atoms with Crippen LogP contribution in [-0.2, 0) is 0 Å². The van der Waals surface area contributed by atoms with Crippen LogP contribution in [0.3, 0.4) is 0 Å². The fourth-order valence-electron chi connectivity index (χ4n) is 8.94. The average Bonchev–Trinajstić information content (AvgIpc) is 0.735. The first-order valence-electron chi connectivity index (χ1n) is 30.0. The van der Waals surface area contributed by atoms with Gasteiger partial charge in [0.2, 0.25) is 0 Å². The Morgan fingerprint density at radius 1 is 0.115 bits per heavy atom. The van der Waals surface area contributed by atoms with Crippen molar-refractivity contribution >= 4 is 46.0 Å². The molecule has 0 aliphatic carbocycles. The molecule has 18 nitrogen and oxygen atoms in total. The Morgan fingerprint density at radius 2 is 0.188 bits per heavy atom. The minimum Gasteiger partial charge on any atom is -0.413 e. The summed E-state index contributed by atoms with van der Waals surface area (Å²) in [5.41, 5.74) is 0. The smallest absolute Gasteiger partial charge is 0.413 e. The van der Waals surface area contributed by atoms with E-state index in [1.807, 2.05) is 72.8 Å². The molecule has 0 saturated carbocycles. The Bertz CT molecular complexity index is 3730. The summed E-state index contributed by atoms with van der Waals surface area (Å²) >= 11 is 0. The van der Waals surface area contributed by atoms with Crippen molar-refractivity contribution in [1.82, 2.24) is 0 Å². The van der Waals surface area contributed by atoms with Gasteiger partial charge in [-0.25, -0.2) is 0 Å². The maximum atomic E-state index is 7.55. The highest BCUT2D eigenvalue weighted by Gasteiger charge is 2.51. The van der Waals surface area contributed by atoms with Crippen LogP contribution >= 0.6 is 46.0 Å². The zero-order chi connectivity index (χ0) is 65.1. The van der Waals surface area contributed by atoms with Crippen molar-refractivity contribution in [2.24, 2.45) is 27.1 Å². The van der Waals surface area contributed by atoms with Crippen LogP contribution in [0.1, 0.15) is 0 Å². The number of hydrogen-bond acceptors (Lipinski definition) is 18. The highest BCUT2D eigenvalue weighted by molar-refractivity contribution is 7.79. The summed E-state index contributed by atoms with van der Waals surface area (Å²) in [5.74, 6) is 2.42. The molecule has 0 bridgehead atoms. The van der Waals surface area contributed by atoms with E-state index in [9.17, 15) is 0 Å². The molecular formula is C72H60N6O12P6. The van der Waals surface area contributed by atoms with Gasteiger partial charge in [-0.3, -0.25) is 0 Å². The molecule has 0 amide bonds. The molecule has 13 rings (SSSR count). The lowest BCUT2D eigenvalue weighted by atomic mass is 10.3. The fourth-order valence-corrected chi connectivity index (χ4v) is 27.1. The number of hydrogen-bond donors (Lipinski definition) is 0. The van der Waals surface area contributed by atoms with Crippen molar-refractivity contribution in [2.45, 2.75) is 0 Å². The Labute approximate surface area is 557 Å². The third-order valence-corrected chi connectivity index (χ3v) is 29.2. The average molecular weight is 1390 g/mol. The third kappa shape index (κ3) is 17.3. The minimum absolute atomic E-state index is 0.201. The van der Waals surface area contributed by atoms with Crippen LogP contribution in [0.4, 0.5) is 0 Å². The zero-order valence-corrected chi connectivity index (χ0v) is 56.3. The van der Waals surface area contributed by atoms with Gasteiger partial charge < -0.3 is 54.3 Å². The molecule has 12 aromatic rings. The van der Waals surface area contributed by atoms with Crippen LogP contribution in [0.15, 0.2) is 391 Å².